The van der Waals surface area contributed by atoms with E-state index in [-0.39, 0.29) is 30.9 Å². The van der Waals surface area contributed by atoms with Gasteiger partial charge in [-0.2, -0.15) is 0 Å². The lowest BCUT2D eigenvalue weighted by atomic mass is 9.91. The van der Waals surface area contributed by atoms with Crippen molar-refractivity contribution in [3.63, 3.8) is 0 Å². The number of carbonyl (C=O) groups excluding carboxylic acids is 2. The first-order chi connectivity index (χ1) is 11.6. The van der Waals surface area contributed by atoms with E-state index in [0.717, 1.165) is 12.8 Å². The second-order valence-corrected chi connectivity index (χ2v) is 7.58. The summed E-state index contributed by atoms with van der Waals surface area (Å²) < 4.78 is 10.5. The van der Waals surface area contributed by atoms with Crippen molar-refractivity contribution in [2.45, 2.75) is 64.0 Å². The number of anilines is 1. The van der Waals surface area contributed by atoms with E-state index < -0.39 is 16.9 Å². The molecule has 8 nitrogen and oxygen atoms in total. The van der Waals surface area contributed by atoms with Crippen molar-refractivity contribution >= 4 is 17.7 Å². The number of nitrogens with one attached hydrogen (secondary N) is 2. The van der Waals surface area contributed by atoms with Gasteiger partial charge in [0.1, 0.15) is 5.54 Å². The van der Waals surface area contributed by atoms with Crippen LogP contribution >= 0.6 is 0 Å². The first-order valence-electron chi connectivity index (χ1n) is 8.46. The molecule has 2 amide bonds. The minimum absolute atomic E-state index is 0.0728. The van der Waals surface area contributed by atoms with Crippen molar-refractivity contribution in [2.24, 2.45) is 0 Å². The van der Waals surface area contributed by atoms with Gasteiger partial charge >= 0.3 is 0 Å². The monoisotopic (exact) mass is 353 g/mol. The van der Waals surface area contributed by atoms with Crippen molar-refractivity contribution < 1.29 is 24.0 Å². The largest absolute Gasteiger partial charge is 0.395 e. The fourth-order valence-electron chi connectivity index (χ4n) is 2.47. The lowest BCUT2D eigenvalue weighted by Crippen LogP contribution is -2.52. The van der Waals surface area contributed by atoms with E-state index in [0.29, 0.717) is 12.3 Å². The summed E-state index contributed by atoms with van der Waals surface area (Å²) in [6.07, 6.45) is 1.99. The molecular formula is C17H27N3O5. The van der Waals surface area contributed by atoms with Gasteiger partial charge in [0.15, 0.2) is 0 Å². The van der Waals surface area contributed by atoms with Crippen LogP contribution in [-0.4, -0.2) is 46.9 Å². The van der Waals surface area contributed by atoms with Gasteiger partial charge in [-0.25, -0.2) is 0 Å². The third kappa shape index (κ3) is 5.02. The highest BCUT2D eigenvalue weighted by Crippen LogP contribution is 2.24. The number of amides is 2. The molecule has 3 N–H and O–H groups in total. The Morgan fingerprint density at radius 2 is 2.08 bits per heavy atom. The van der Waals surface area contributed by atoms with Gasteiger partial charge < -0.3 is 19.7 Å². The summed E-state index contributed by atoms with van der Waals surface area (Å²) in [7, 11) is 0. The number of nitrogens with zero attached hydrogens (tertiary/aromatic N) is 1. The molecule has 1 atom stereocenters. The molecule has 8 heteroatoms. The third-order valence-corrected chi connectivity index (χ3v) is 4.29. The molecule has 1 aromatic rings. The van der Waals surface area contributed by atoms with E-state index in [1.54, 1.807) is 19.9 Å². The Bertz CT molecular complexity index is 618. The third-order valence-electron chi connectivity index (χ3n) is 4.29. The van der Waals surface area contributed by atoms with Gasteiger partial charge in [0, 0.05) is 18.1 Å². The predicted molar refractivity (Wildman–Crippen MR) is 91.1 cm³/mol. The molecule has 0 aromatic carbocycles. The zero-order chi connectivity index (χ0) is 18.7. The number of ether oxygens (including phenoxy) is 1. The zero-order valence-corrected chi connectivity index (χ0v) is 15.2. The summed E-state index contributed by atoms with van der Waals surface area (Å²) in [4.78, 5) is 24.6. The minimum atomic E-state index is -1.12. The van der Waals surface area contributed by atoms with Gasteiger partial charge in [-0.15, -0.1) is 0 Å². The van der Waals surface area contributed by atoms with Crippen LogP contribution in [0.2, 0.25) is 0 Å². The molecule has 1 saturated heterocycles. The Hall–Kier alpha value is -1.93. The van der Waals surface area contributed by atoms with Gasteiger partial charge in [-0.1, -0.05) is 19.0 Å². The molecule has 1 aromatic heterocycles. The lowest BCUT2D eigenvalue weighted by molar-refractivity contribution is -0.130. The van der Waals surface area contributed by atoms with Crippen LogP contribution in [0, 0.1) is 0 Å². The zero-order valence-electron chi connectivity index (χ0n) is 15.2. The summed E-state index contributed by atoms with van der Waals surface area (Å²) in [6.45, 7) is 7.43. The Morgan fingerprint density at radius 1 is 1.36 bits per heavy atom. The lowest BCUT2D eigenvalue weighted by Gasteiger charge is -2.25. The second kappa shape index (κ2) is 7.53. The van der Waals surface area contributed by atoms with E-state index in [9.17, 15) is 14.7 Å². The summed E-state index contributed by atoms with van der Waals surface area (Å²) in [5.74, 6) is -0.479. The molecule has 0 bridgehead atoms. The predicted octanol–water partition coefficient (Wildman–Crippen LogP) is 1.35. The van der Waals surface area contributed by atoms with Crippen LogP contribution in [0.15, 0.2) is 10.6 Å². The average Bonchev–Trinajstić information content (AvgIpc) is 3.18. The quantitative estimate of drug-likeness (QED) is 0.682. The second-order valence-electron chi connectivity index (χ2n) is 7.58. The first-order valence-corrected chi connectivity index (χ1v) is 8.46. The van der Waals surface area contributed by atoms with Crippen molar-refractivity contribution in [1.29, 1.82) is 0 Å². The van der Waals surface area contributed by atoms with Crippen molar-refractivity contribution in [3.05, 3.63) is 11.8 Å². The Labute approximate surface area is 147 Å². The summed E-state index contributed by atoms with van der Waals surface area (Å²) in [5.41, 5.74) is -1.15. The molecular weight excluding hydrogens is 326 g/mol. The molecule has 1 unspecified atom stereocenters. The van der Waals surface area contributed by atoms with Crippen molar-refractivity contribution in [3.8, 4) is 0 Å². The van der Waals surface area contributed by atoms with E-state index in [1.165, 1.54) is 0 Å². The van der Waals surface area contributed by atoms with Crippen LogP contribution in [0.5, 0.6) is 0 Å². The van der Waals surface area contributed by atoms with Crippen LogP contribution in [0.1, 0.15) is 52.7 Å². The smallest absolute Gasteiger partial charge is 0.251 e. The Morgan fingerprint density at radius 3 is 2.68 bits per heavy atom. The normalized spacial score (nSPS) is 18.2. The fourth-order valence-corrected chi connectivity index (χ4v) is 2.47. The number of rotatable bonds is 7. The summed E-state index contributed by atoms with van der Waals surface area (Å²) >= 11 is 0. The van der Waals surface area contributed by atoms with E-state index in [2.05, 4.69) is 15.8 Å². The number of aliphatic hydroxyl groups is 1. The maximum absolute atomic E-state index is 12.4. The molecule has 0 aliphatic carbocycles. The van der Waals surface area contributed by atoms with Crippen LogP contribution in [0.3, 0.4) is 0 Å². The average molecular weight is 353 g/mol. The molecule has 1 aliphatic heterocycles. The number of hydrogen-bond donors (Lipinski definition) is 3. The molecule has 1 aliphatic rings. The Balaban J connectivity index is 1.93. The van der Waals surface area contributed by atoms with Crippen molar-refractivity contribution in [1.82, 2.24) is 10.5 Å². The highest BCUT2D eigenvalue weighted by Gasteiger charge is 2.32. The molecule has 0 spiro atoms. The maximum Gasteiger partial charge on any atom is 0.251 e. The maximum atomic E-state index is 12.4. The Kier molecular flexibility index (Phi) is 5.84. The molecule has 0 radical (unpaired) electrons. The molecule has 25 heavy (non-hydrogen) atoms. The van der Waals surface area contributed by atoms with Crippen LogP contribution in [-0.2, 0) is 19.7 Å². The first kappa shape index (κ1) is 19.4. The highest BCUT2D eigenvalue weighted by atomic mass is 16.5. The SMILES string of the molecule is CC(C)(NC(=O)CC1CCCO1)C(=O)Nc1cc(C(C)(C)CO)no1. The number of aliphatic hydroxyl groups excluding tert-OH is 1. The van der Waals surface area contributed by atoms with Crippen LogP contribution in [0.25, 0.3) is 0 Å². The van der Waals surface area contributed by atoms with E-state index in [4.69, 9.17) is 9.26 Å². The van der Waals surface area contributed by atoms with Crippen LogP contribution < -0.4 is 10.6 Å². The summed E-state index contributed by atoms with van der Waals surface area (Å²) in [6, 6.07) is 1.57. The van der Waals surface area contributed by atoms with E-state index >= 15 is 0 Å². The van der Waals surface area contributed by atoms with Gasteiger partial charge in [0.2, 0.25) is 11.8 Å². The molecule has 2 rings (SSSR count). The minimum Gasteiger partial charge on any atom is -0.395 e. The standard InChI is InChI=1S/C17H27N3O5/c1-16(2,10-21)12-9-14(25-20-12)18-15(23)17(3,4)19-13(22)8-11-6-5-7-24-11/h9,11,21H,5-8,10H2,1-4H3,(H,18,23)(H,19,22). The fraction of sp³-hybridized carbons (Fsp3) is 0.706. The van der Waals surface area contributed by atoms with Gasteiger partial charge in [0.25, 0.3) is 5.91 Å². The number of carbonyl (C=O) groups is 2. The molecule has 140 valence electrons. The number of hydrogen-bond acceptors (Lipinski definition) is 6. The molecule has 0 saturated carbocycles. The van der Waals surface area contributed by atoms with Gasteiger partial charge in [-0.05, 0) is 26.7 Å². The van der Waals surface area contributed by atoms with Gasteiger partial charge in [0.05, 0.1) is 24.8 Å². The highest BCUT2D eigenvalue weighted by molar-refractivity contribution is 5.99. The molecule has 1 fully saturated rings. The molecule has 2 heterocycles. The van der Waals surface area contributed by atoms with Crippen LogP contribution in [0.4, 0.5) is 5.88 Å². The number of aromatic nitrogens is 1. The topological polar surface area (TPSA) is 114 Å². The van der Waals surface area contributed by atoms with Crippen molar-refractivity contribution in [2.75, 3.05) is 18.5 Å². The summed E-state index contributed by atoms with van der Waals surface area (Å²) in [5, 5.41) is 18.5. The van der Waals surface area contributed by atoms with E-state index in [1.807, 2.05) is 13.8 Å². The van der Waals surface area contributed by atoms with Gasteiger partial charge in [-0.3, -0.25) is 14.9 Å².